The molecule has 1 saturated carbocycles. The Morgan fingerprint density at radius 1 is 1.14 bits per heavy atom. The number of carbonyl (C=O) groups is 1. The fourth-order valence-corrected chi connectivity index (χ4v) is 3.34. The van der Waals surface area contributed by atoms with Crippen molar-refractivity contribution in [2.45, 2.75) is 49.5 Å². The van der Waals surface area contributed by atoms with Crippen molar-refractivity contribution in [1.29, 1.82) is 0 Å². The molecule has 116 valence electrons. The van der Waals surface area contributed by atoms with Crippen molar-refractivity contribution in [1.82, 2.24) is 0 Å². The Morgan fingerprint density at radius 2 is 1.76 bits per heavy atom. The quantitative estimate of drug-likeness (QED) is 0.397. The molecule has 0 aromatic heterocycles. The zero-order valence-corrected chi connectivity index (χ0v) is 13.7. The van der Waals surface area contributed by atoms with Crippen LogP contribution in [0.25, 0.3) is 0 Å². The van der Waals surface area contributed by atoms with Gasteiger partial charge in [-0.25, -0.2) is 13.6 Å². The predicted octanol–water partition coefficient (Wildman–Crippen LogP) is 5.26. The van der Waals surface area contributed by atoms with E-state index in [1.165, 1.54) is 6.42 Å². The van der Waals surface area contributed by atoms with Crippen LogP contribution >= 0.6 is 27.5 Å². The van der Waals surface area contributed by atoms with Crippen LogP contribution in [0.2, 0.25) is 5.02 Å². The molecule has 0 heterocycles. The van der Waals surface area contributed by atoms with Gasteiger partial charge in [-0.05, 0) is 31.4 Å². The summed E-state index contributed by atoms with van der Waals surface area (Å²) in [7, 11) is 0. The third kappa shape index (κ3) is 4.39. The van der Waals surface area contributed by atoms with Crippen LogP contribution in [0, 0.1) is 11.6 Å². The van der Waals surface area contributed by atoms with Gasteiger partial charge in [-0.2, -0.15) is 0 Å². The van der Waals surface area contributed by atoms with Gasteiger partial charge in [-0.15, -0.1) is 0 Å². The lowest BCUT2D eigenvalue weighted by Gasteiger charge is -2.25. The Hall–Kier alpha value is -0.680. The van der Waals surface area contributed by atoms with E-state index in [9.17, 15) is 13.6 Å². The van der Waals surface area contributed by atoms with E-state index in [0.717, 1.165) is 44.2 Å². The Labute approximate surface area is 135 Å². The topological polar surface area (TPSA) is 26.3 Å². The molecule has 1 aromatic carbocycles. The van der Waals surface area contributed by atoms with Gasteiger partial charge in [0, 0.05) is 0 Å². The van der Waals surface area contributed by atoms with E-state index in [-0.39, 0.29) is 21.5 Å². The van der Waals surface area contributed by atoms with Gasteiger partial charge in [0.05, 0.1) is 15.4 Å². The van der Waals surface area contributed by atoms with Crippen molar-refractivity contribution in [3.63, 3.8) is 0 Å². The minimum Gasteiger partial charge on any atom is -0.458 e. The summed E-state index contributed by atoms with van der Waals surface area (Å²) in [6, 6.07) is 1.57. The fourth-order valence-electron chi connectivity index (χ4n) is 2.42. The second-order valence-electron chi connectivity index (χ2n) is 5.20. The molecule has 6 heteroatoms. The highest BCUT2D eigenvalue weighted by molar-refractivity contribution is 9.09. The summed E-state index contributed by atoms with van der Waals surface area (Å²) < 4.78 is 31.7. The number of hydrogen-bond donors (Lipinski definition) is 0. The predicted molar refractivity (Wildman–Crippen MR) is 81.0 cm³/mol. The number of rotatable bonds is 2. The van der Waals surface area contributed by atoms with Gasteiger partial charge in [0.25, 0.3) is 0 Å². The second kappa shape index (κ2) is 7.54. The normalized spacial score (nSPS) is 23.2. The molecule has 2 nitrogen and oxygen atoms in total. The van der Waals surface area contributed by atoms with E-state index in [4.69, 9.17) is 16.3 Å². The van der Waals surface area contributed by atoms with Crippen LogP contribution in [0.3, 0.4) is 0 Å². The number of alkyl halides is 1. The summed E-state index contributed by atoms with van der Waals surface area (Å²) in [4.78, 5) is 12.2. The third-order valence-electron chi connectivity index (χ3n) is 3.61. The van der Waals surface area contributed by atoms with Crippen molar-refractivity contribution in [3.8, 4) is 0 Å². The second-order valence-corrected chi connectivity index (χ2v) is 6.78. The molecule has 0 spiro atoms. The molecule has 0 radical (unpaired) electrons. The number of ether oxygens (including phenoxy) is 1. The average Bonchev–Trinajstić information content (AvgIpc) is 2.42. The smallest absolute Gasteiger partial charge is 0.340 e. The van der Waals surface area contributed by atoms with Gasteiger partial charge in [0.15, 0.2) is 11.6 Å². The molecule has 1 aromatic rings. The highest BCUT2D eigenvalue weighted by Crippen LogP contribution is 2.27. The van der Waals surface area contributed by atoms with E-state index in [2.05, 4.69) is 15.9 Å². The maximum atomic E-state index is 13.2. The lowest BCUT2D eigenvalue weighted by molar-refractivity contribution is 0.0260. The fraction of sp³-hybridized carbons (Fsp3) is 0.533. The van der Waals surface area contributed by atoms with E-state index >= 15 is 0 Å². The molecule has 0 amide bonds. The molecule has 2 rings (SSSR count). The maximum Gasteiger partial charge on any atom is 0.340 e. The molecule has 21 heavy (non-hydrogen) atoms. The first kappa shape index (κ1) is 16.7. The molecule has 1 aliphatic carbocycles. The first-order valence-electron chi connectivity index (χ1n) is 6.98. The number of benzene rings is 1. The standard InChI is InChI=1S/C15H16BrClF2O2/c16-10-5-3-1-2-4-6-14(10)21-15(20)9-7-12(18)13(19)8-11(9)17/h7-8,10,14H,1-6H2/t10-,14-/m1/s1. The SMILES string of the molecule is O=C(O[C@@H]1CCCCCC[C@H]1Br)c1cc(F)c(F)cc1Cl. The Kier molecular flexibility index (Phi) is 5.99. The van der Waals surface area contributed by atoms with Crippen LogP contribution in [-0.2, 0) is 4.74 Å². The van der Waals surface area contributed by atoms with Gasteiger partial charge < -0.3 is 4.74 Å². The van der Waals surface area contributed by atoms with Crippen LogP contribution in [0.4, 0.5) is 8.78 Å². The van der Waals surface area contributed by atoms with Crippen molar-refractivity contribution < 1.29 is 18.3 Å². The van der Waals surface area contributed by atoms with Crippen molar-refractivity contribution in [2.24, 2.45) is 0 Å². The third-order valence-corrected chi connectivity index (χ3v) is 4.97. The molecule has 0 saturated heterocycles. The maximum absolute atomic E-state index is 13.2. The lowest BCUT2D eigenvalue weighted by atomic mass is 9.98. The number of esters is 1. The van der Waals surface area contributed by atoms with Gasteiger partial charge in [0.1, 0.15) is 6.10 Å². The molecular weight excluding hydrogens is 366 g/mol. The Morgan fingerprint density at radius 3 is 2.48 bits per heavy atom. The minimum atomic E-state index is -1.11. The molecule has 0 N–H and O–H groups in total. The average molecular weight is 382 g/mol. The van der Waals surface area contributed by atoms with E-state index < -0.39 is 17.6 Å². The first-order chi connectivity index (χ1) is 9.99. The summed E-state index contributed by atoms with van der Waals surface area (Å²) >= 11 is 9.33. The van der Waals surface area contributed by atoms with Crippen molar-refractivity contribution in [2.75, 3.05) is 0 Å². The monoisotopic (exact) mass is 380 g/mol. The Bertz CT molecular complexity index is 525. The van der Waals surface area contributed by atoms with Crippen LogP contribution in [0.1, 0.15) is 48.9 Å². The summed E-state index contributed by atoms with van der Waals surface area (Å²) in [6.07, 6.45) is 5.74. The minimum absolute atomic E-state index is 0.0748. The van der Waals surface area contributed by atoms with Gasteiger partial charge >= 0.3 is 5.97 Å². The van der Waals surface area contributed by atoms with Crippen LogP contribution in [0.15, 0.2) is 12.1 Å². The lowest BCUT2D eigenvalue weighted by Crippen LogP contribution is -2.28. The van der Waals surface area contributed by atoms with Crippen LogP contribution in [0.5, 0.6) is 0 Å². The van der Waals surface area contributed by atoms with Crippen LogP contribution < -0.4 is 0 Å². The molecule has 1 fully saturated rings. The molecule has 2 atom stereocenters. The summed E-state index contributed by atoms with van der Waals surface area (Å²) in [5.41, 5.74) is -0.141. The molecule has 0 bridgehead atoms. The zero-order chi connectivity index (χ0) is 15.4. The van der Waals surface area contributed by atoms with Gasteiger partial charge in [-0.3, -0.25) is 0 Å². The zero-order valence-electron chi connectivity index (χ0n) is 11.4. The molecule has 0 unspecified atom stereocenters. The van der Waals surface area contributed by atoms with E-state index in [1.807, 2.05) is 0 Å². The van der Waals surface area contributed by atoms with Crippen LogP contribution in [-0.4, -0.2) is 16.9 Å². The first-order valence-corrected chi connectivity index (χ1v) is 8.28. The number of carbonyl (C=O) groups excluding carboxylic acids is 1. The van der Waals surface area contributed by atoms with E-state index in [0.29, 0.717) is 0 Å². The largest absolute Gasteiger partial charge is 0.458 e. The van der Waals surface area contributed by atoms with Gasteiger partial charge in [-0.1, -0.05) is 46.8 Å². The van der Waals surface area contributed by atoms with Gasteiger partial charge in [0.2, 0.25) is 0 Å². The number of halogens is 4. The van der Waals surface area contributed by atoms with E-state index in [1.54, 1.807) is 0 Å². The Balaban J connectivity index is 2.11. The van der Waals surface area contributed by atoms with Crippen molar-refractivity contribution in [3.05, 3.63) is 34.4 Å². The highest BCUT2D eigenvalue weighted by Gasteiger charge is 2.26. The summed E-state index contributed by atoms with van der Waals surface area (Å²) in [6.45, 7) is 0. The summed E-state index contributed by atoms with van der Waals surface area (Å²) in [5, 5.41) is -0.143. The highest BCUT2D eigenvalue weighted by atomic mass is 79.9. The molecule has 0 aliphatic heterocycles. The summed E-state index contributed by atoms with van der Waals surface area (Å²) in [5.74, 6) is -2.91. The molecular formula is C15H16BrClF2O2. The molecule has 1 aliphatic rings. The van der Waals surface area contributed by atoms with Crippen molar-refractivity contribution >= 4 is 33.5 Å². The number of hydrogen-bond acceptors (Lipinski definition) is 2.